The van der Waals surface area contributed by atoms with Crippen LogP contribution < -0.4 is 0 Å². The van der Waals surface area contributed by atoms with Crippen LogP contribution in [0, 0.1) is 6.92 Å². The summed E-state index contributed by atoms with van der Waals surface area (Å²) in [5.41, 5.74) is 7.27. The first-order chi connectivity index (χ1) is 13.9. The summed E-state index contributed by atoms with van der Waals surface area (Å²) in [7, 11) is 2.78. The molecule has 1 atom stereocenters. The Bertz CT molecular complexity index is 1150. The third-order valence-corrected chi connectivity index (χ3v) is 5.76. The van der Waals surface area contributed by atoms with Gasteiger partial charge in [0.05, 0.1) is 19.8 Å². The molecule has 3 aromatic rings. The van der Waals surface area contributed by atoms with Crippen molar-refractivity contribution in [2.75, 3.05) is 14.2 Å². The molecule has 5 heteroatoms. The molecular weight excluding hydrogens is 366 g/mol. The molecule has 1 N–H and O–H groups in total. The molecule has 0 radical (unpaired) electrons. The summed E-state index contributed by atoms with van der Waals surface area (Å²) in [4.78, 5) is 27.8. The number of rotatable bonds is 3. The number of hydrogen-bond donors (Lipinski definition) is 1. The minimum absolute atomic E-state index is 0.0149. The first-order valence-corrected chi connectivity index (χ1v) is 9.53. The zero-order valence-corrected chi connectivity index (χ0v) is 17.0. The van der Waals surface area contributed by atoms with Crippen LogP contribution in [0.25, 0.3) is 16.5 Å². The smallest absolute Gasteiger partial charge is 0.337 e. The van der Waals surface area contributed by atoms with Gasteiger partial charge in [-0.15, -0.1) is 0 Å². The molecular formula is C24H23NO4. The van der Waals surface area contributed by atoms with Crippen LogP contribution in [0.1, 0.15) is 52.0 Å². The molecule has 1 heterocycles. The summed E-state index contributed by atoms with van der Waals surface area (Å²) in [6.07, 6.45) is 0.570. The lowest BCUT2D eigenvalue weighted by atomic mass is 9.77. The van der Waals surface area contributed by atoms with Gasteiger partial charge in [-0.25, -0.2) is 9.59 Å². The Hall–Kier alpha value is -3.34. The van der Waals surface area contributed by atoms with Crippen molar-refractivity contribution in [1.29, 1.82) is 0 Å². The topological polar surface area (TPSA) is 68.4 Å². The molecule has 1 unspecified atom stereocenters. The predicted molar refractivity (Wildman–Crippen MR) is 112 cm³/mol. The van der Waals surface area contributed by atoms with Gasteiger partial charge in [0.1, 0.15) is 0 Å². The molecule has 4 rings (SSSR count). The molecule has 148 valence electrons. The Morgan fingerprint density at radius 2 is 1.66 bits per heavy atom. The van der Waals surface area contributed by atoms with Crippen molar-refractivity contribution < 1.29 is 19.1 Å². The van der Waals surface area contributed by atoms with Crippen molar-refractivity contribution in [3.05, 3.63) is 76.0 Å². The number of benzene rings is 2. The van der Waals surface area contributed by atoms with Gasteiger partial charge in [-0.05, 0) is 49.1 Å². The molecule has 0 aliphatic heterocycles. The fourth-order valence-electron chi connectivity index (χ4n) is 4.17. The van der Waals surface area contributed by atoms with Gasteiger partial charge in [-0.3, -0.25) is 0 Å². The Balaban J connectivity index is 1.96. The summed E-state index contributed by atoms with van der Waals surface area (Å²) >= 11 is 0. The van der Waals surface area contributed by atoms with Crippen LogP contribution >= 0.6 is 0 Å². The molecule has 5 nitrogen and oxygen atoms in total. The van der Waals surface area contributed by atoms with Crippen LogP contribution in [0.5, 0.6) is 0 Å². The molecule has 1 aliphatic rings. The molecule has 0 spiro atoms. The minimum Gasteiger partial charge on any atom is -0.466 e. The zero-order valence-electron chi connectivity index (χ0n) is 17.0. The van der Waals surface area contributed by atoms with E-state index in [4.69, 9.17) is 9.47 Å². The van der Waals surface area contributed by atoms with Gasteiger partial charge in [-0.2, -0.15) is 0 Å². The lowest BCUT2D eigenvalue weighted by molar-refractivity contribution is -0.136. The Morgan fingerprint density at radius 3 is 2.31 bits per heavy atom. The molecule has 0 amide bonds. The van der Waals surface area contributed by atoms with Gasteiger partial charge in [0, 0.05) is 28.1 Å². The quantitative estimate of drug-likeness (QED) is 0.657. The van der Waals surface area contributed by atoms with Crippen molar-refractivity contribution in [2.24, 2.45) is 0 Å². The summed E-state index contributed by atoms with van der Waals surface area (Å²) < 4.78 is 9.90. The number of carbonyl (C=O) groups excluding carboxylic acids is 2. The number of methoxy groups -OCH3 is 2. The van der Waals surface area contributed by atoms with E-state index < -0.39 is 0 Å². The number of ether oxygens (including phenoxy) is 2. The lowest BCUT2D eigenvalue weighted by Gasteiger charge is -2.26. The number of H-pyrrole nitrogens is 1. The van der Waals surface area contributed by atoms with E-state index in [0.29, 0.717) is 17.6 Å². The SMILES string of the molecule is COC(=O)C1=C(C)c2[nH]c3cc(C(=O)OC)ccc3c2C(c2ccc(C)cc2)C1. The highest BCUT2D eigenvalue weighted by Gasteiger charge is 2.33. The summed E-state index contributed by atoms with van der Waals surface area (Å²) in [6.45, 7) is 3.99. The fraction of sp³-hybridized carbons (Fsp3) is 0.250. The number of aromatic nitrogens is 1. The Kier molecular flexibility index (Phi) is 4.74. The number of hydrogen-bond acceptors (Lipinski definition) is 4. The maximum absolute atomic E-state index is 12.5. The Labute approximate surface area is 169 Å². The molecule has 0 fully saturated rings. The van der Waals surface area contributed by atoms with Crippen LogP contribution in [0.15, 0.2) is 48.0 Å². The second-order valence-corrected chi connectivity index (χ2v) is 7.43. The third kappa shape index (κ3) is 3.12. The average Bonchev–Trinajstić information content (AvgIpc) is 3.13. The predicted octanol–water partition coefficient (Wildman–Crippen LogP) is 4.75. The van der Waals surface area contributed by atoms with Crippen molar-refractivity contribution >= 4 is 28.4 Å². The largest absolute Gasteiger partial charge is 0.466 e. The van der Waals surface area contributed by atoms with Gasteiger partial charge < -0.3 is 14.5 Å². The van der Waals surface area contributed by atoms with Crippen molar-refractivity contribution in [3.63, 3.8) is 0 Å². The Morgan fingerprint density at radius 1 is 0.966 bits per heavy atom. The van der Waals surface area contributed by atoms with E-state index in [9.17, 15) is 9.59 Å². The molecule has 1 aromatic heterocycles. The maximum Gasteiger partial charge on any atom is 0.337 e. The molecule has 1 aliphatic carbocycles. The summed E-state index contributed by atoms with van der Waals surface area (Å²) in [6, 6.07) is 13.9. The zero-order chi connectivity index (χ0) is 20.7. The fourth-order valence-corrected chi connectivity index (χ4v) is 4.17. The highest BCUT2D eigenvalue weighted by molar-refractivity contribution is 6.03. The van der Waals surface area contributed by atoms with E-state index in [1.807, 2.05) is 13.0 Å². The standard InChI is InChI=1S/C24H23NO4/c1-13-5-7-15(8-6-13)19-12-18(24(27)29-4)14(2)22-21(19)17-10-9-16(23(26)28-3)11-20(17)25-22/h5-11,19,25H,12H2,1-4H3. The first-order valence-electron chi connectivity index (χ1n) is 9.53. The van der Waals surface area contributed by atoms with E-state index in [-0.39, 0.29) is 17.9 Å². The van der Waals surface area contributed by atoms with Gasteiger partial charge in [0.25, 0.3) is 0 Å². The number of fused-ring (bicyclic) bond motifs is 3. The molecule has 29 heavy (non-hydrogen) atoms. The first kappa shape index (κ1) is 19.0. The third-order valence-electron chi connectivity index (χ3n) is 5.76. The minimum atomic E-state index is -0.378. The molecule has 0 saturated carbocycles. The van der Waals surface area contributed by atoms with E-state index >= 15 is 0 Å². The van der Waals surface area contributed by atoms with Crippen LogP contribution in [0.2, 0.25) is 0 Å². The van der Waals surface area contributed by atoms with E-state index in [1.54, 1.807) is 12.1 Å². The second kappa shape index (κ2) is 7.24. The van der Waals surface area contributed by atoms with Crippen molar-refractivity contribution in [3.8, 4) is 0 Å². The molecule has 0 saturated heterocycles. The lowest BCUT2D eigenvalue weighted by Crippen LogP contribution is -2.17. The van der Waals surface area contributed by atoms with Gasteiger partial charge >= 0.3 is 11.9 Å². The van der Waals surface area contributed by atoms with Crippen LogP contribution in [0.3, 0.4) is 0 Å². The number of carbonyl (C=O) groups is 2. The number of aromatic amines is 1. The van der Waals surface area contributed by atoms with Crippen molar-refractivity contribution in [1.82, 2.24) is 4.98 Å². The average molecular weight is 389 g/mol. The maximum atomic E-state index is 12.5. The summed E-state index contributed by atoms with van der Waals surface area (Å²) in [5.74, 6) is -0.669. The second-order valence-electron chi connectivity index (χ2n) is 7.43. The van der Waals surface area contributed by atoms with Gasteiger partial charge in [0.2, 0.25) is 0 Å². The molecule has 2 aromatic carbocycles. The normalized spacial score (nSPS) is 15.9. The monoisotopic (exact) mass is 389 g/mol. The van der Waals surface area contributed by atoms with Crippen LogP contribution in [-0.4, -0.2) is 31.1 Å². The van der Waals surface area contributed by atoms with Crippen molar-refractivity contribution in [2.45, 2.75) is 26.2 Å². The number of nitrogens with one attached hydrogen (secondary N) is 1. The van der Waals surface area contributed by atoms with E-state index in [1.165, 1.54) is 19.8 Å². The van der Waals surface area contributed by atoms with Gasteiger partial charge in [0.15, 0.2) is 0 Å². The number of allylic oxidation sites excluding steroid dienone is 1. The van der Waals surface area contributed by atoms with E-state index in [0.717, 1.165) is 33.3 Å². The highest BCUT2D eigenvalue weighted by atomic mass is 16.5. The number of aryl methyl sites for hydroxylation is 1. The molecule has 0 bridgehead atoms. The summed E-state index contributed by atoms with van der Waals surface area (Å²) in [5, 5.41) is 1.04. The van der Waals surface area contributed by atoms with Gasteiger partial charge in [-0.1, -0.05) is 35.9 Å². The van der Waals surface area contributed by atoms with E-state index in [2.05, 4.69) is 36.2 Å². The highest BCUT2D eigenvalue weighted by Crippen LogP contribution is 2.45. The number of esters is 2. The van der Waals surface area contributed by atoms with Crippen LogP contribution in [0.4, 0.5) is 0 Å². The van der Waals surface area contributed by atoms with Crippen LogP contribution in [-0.2, 0) is 14.3 Å².